The van der Waals surface area contributed by atoms with E-state index in [2.05, 4.69) is 15.0 Å². The molecule has 12 heteroatoms. The van der Waals surface area contributed by atoms with Crippen LogP contribution in [-0.2, 0) is 23.1 Å². The maximum atomic E-state index is 13.1. The third-order valence-corrected chi connectivity index (χ3v) is 7.37. The lowest BCUT2D eigenvalue weighted by Gasteiger charge is -2.12. The summed E-state index contributed by atoms with van der Waals surface area (Å²) in [7, 11) is -2.25. The van der Waals surface area contributed by atoms with E-state index in [1.807, 2.05) is 0 Å². The molecule has 4 aromatic rings. The first-order valence-corrected chi connectivity index (χ1v) is 11.9. The normalized spacial score (nSPS) is 12.5. The number of pyridine rings is 2. The number of fused-ring (bicyclic) bond motifs is 1. The lowest BCUT2D eigenvalue weighted by Crippen LogP contribution is -2.09. The number of rotatable bonds is 4. The van der Waals surface area contributed by atoms with Crippen molar-refractivity contribution in [3.8, 4) is 22.6 Å². The Bertz CT molecular complexity index is 1500. The third kappa shape index (κ3) is 4.30. The van der Waals surface area contributed by atoms with Crippen LogP contribution in [0.25, 0.3) is 33.7 Å². The van der Waals surface area contributed by atoms with Gasteiger partial charge in [-0.2, -0.15) is 13.2 Å². The molecule has 0 radical (unpaired) electrons. The molecule has 0 spiro atoms. The van der Waals surface area contributed by atoms with Gasteiger partial charge in [0, 0.05) is 34.4 Å². The zero-order chi connectivity index (χ0) is 24.1. The molecular formula is C21H15Cl2F3N4O2S. The summed E-state index contributed by atoms with van der Waals surface area (Å²) in [6.07, 6.45) is -2.16. The zero-order valence-electron chi connectivity index (χ0n) is 17.2. The molecule has 6 nitrogen and oxygen atoms in total. The van der Waals surface area contributed by atoms with Crippen LogP contribution >= 0.6 is 23.2 Å². The van der Waals surface area contributed by atoms with E-state index in [4.69, 9.17) is 23.2 Å². The van der Waals surface area contributed by atoms with Gasteiger partial charge in [0.25, 0.3) is 0 Å². The summed E-state index contributed by atoms with van der Waals surface area (Å²) in [6.45, 7) is 1.48. The summed E-state index contributed by atoms with van der Waals surface area (Å²) in [4.78, 5) is 11.9. The molecule has 0 amide bonds. The number of hydrogen-bond acceptors (Lipinski definition) is 5. The van der Waals surface area contributed by atoms with Crippen molar-refractivity contribution >= 4 is 44.1 Å². The topological polar surface area (TPSA) is 77.7 Å². The molecule has 0 saturated heterocycles. The summed E-state index contributed by atoms with van der Waals surface area (Å²) in [5.41, 5.74) is 0.189. The van der Waals surface area contributed by atoms with E-state index in [-0.39, 0.29) is 27.7 Å². The number of sulfone groups is 1. The van der Waals surface area contributed by atoms with Gasteiger partial charge in [0.05, 0.1) is 27.9 Å². The number of aromatic nitrogens is 4. The summed E-state index contributed by atoms with van der Waals surface area (Å²) in [5, 5.41) is 0.728. The predicted octanol–water partition coefficient (Wildman–Crippen LogP) is 5.82. The minimum Gasteiger partial charge on any atom is -0.324 e. The average molecular weight is 515 g/mol. The Kier molecular flexibility index (Phi) is 5.88. The Balaban J connectivity index is 1.95. The quantitative estimate of drug-likeness (QED) is 0.343. The standard InChI is InChI=1S/C21H15Cl2F3N4O2S/c1-3-33(31,32)17-6-11(13-5-4-12(22)7-14(13)23)9-28-19(17)20-29-15-8-18(21(24,25)26)27-10-16(15)30(20)2/h4-10H,3H2,1-2H3. The van der Waals surface area contributed by atoms with Crippen LogP contribution in [0.3, 0.4) is 0 Å². The first kappa shape index (κ1) is 23.5. The van der Waals surface area contributed by atoms with E-state index in [0.717, 1.165) is 12.3 Å². The fourth-order valence-corrected chi connectivity index (χ4v) is 4.91. The molecule has 33 heavy (non-hydrogen) atoms. The van der Waals surface area contributed by atoms with Gasteiger partial charge in [0.1, 0.15) is 11.4 Å². The van der Waals surface area contributed by atoms with Crippen LogP contribution < -0.4 is 0 Å². The highest BCUT2D eigenvalue weighted by molar-refractivity contribution is 7.91. The van der Waals surface area contributed by atoms with Crippen LogP contribution in [-0.4, -0.2) is 33.7 Å². The van der Waals surface area contributed by atoms with Gasteiger partial charge < -0.3 is 4.57 Å². The lowest BCUT2D eigenvalue weighted by atomic mass is 10.1. The zero-order valence-corrected chi connectivity index (χ0v) is 19.5. The molecule has 0 N–H and O–H groups in total. The molecule has 4 rings (SSSR count). The Morgan fingerprint density at radius 3 is 2.42 bits per heavy atom. The van der Waals surface area contributed by atoms with Crippen molar-refractivity contribution in [2.75, 3.05) is 5.75 Å². The lowest BCUT2D eigenvalue weighted by molar-refractivity contribution is -0.141. The molecule has 0 aliphatic heterocycles. The van der Waals surface area contributed by atoms with Crippen molar-refractivity contribution < 1.29 is 21.6 Å². The predicted molar refractivity (Wildman–Crippen MR) is 120 cm³/mol. The van der Waals surface area contributed by atoms with Crippen molar-refractivity contribution in [1.29, 1.82) is 0 Å². The Hall–Kier alpha value is -2.69. The molecule has 0 atom stereocenters. The number of aryl methyl sites for hydroxylation is 1. The Morgan fingerprint density at radius 2 is 1.79 bits per heavy atom. The highest BCUT2D eigenvalue weighted by Crippen LogP contribution is 2.36. The van der Waals surface area contributed by atoms with Crippen molar-refractivity contribution in [3.05, 3.63) is 58.5 Å². The second kappa shape index (κ2) is 8.27. The van der Waals surface area contributed by atoms with Gasteiger partial charge >= 0.3 is 6.18 Å². The van der Waals surface area contributed by atoms with Crippen LogP contribution in [0.4, 0.5) is 13.2 Å². The van der Waals surface area contributed by atoms with Crippen molar-refractivity contribution in [1.82, 2.24) is 19.5 Å². The van der Waals surface area contributed by atoms with Crippen LogP contribution in [0.15, 0.2) is 47.6 Å². The van der Waals surface area contributed by atoms with E-state index in [0.29, 0.717) is 26.7 Å². The molecule has 0 aliphatic rings. The second-order valence-electron chi connectivity index (χ2n) is 7.15. The minimum atomic E-state index is -4.64. The van der Waals surface area contributed by atoms with E-state index in [1.54, 1.807) is 19.2 Å². The van der Waals surface area contributed by atoms with Gasteiger partial charge in [-0.15, -0.1) is 0 Å². The summed E-state index contributed by atoms with van der Waals surface area (Å²) in [5.74, 6) is -0.129. The van der Waals surface area contributed by atoms with Crippen LogP contribution in [0, 0.1) is 0 Å². The van der Waals surface area contributed by atoms with E-state index in [1.165, 1.54) is 29.8 Å². The Morgan fingerprint density at radius 1 is 1.06 bits per heavy atom. The SMILES string of the molecule is CCS(=O)(=O)c1cc(-c2ccc(Cl)cc2Cl)cnc1-c1nc2cc(C(F)(F)F)ncc2n1C. The Labute approximate surface area is 196 Å². The van der Waals surface area contributed by atoms with E-state index < -0.39 is 21.7 Å². The maximum Gasteiger partial charge on any atom is 0.433 e. The number of alkyl halides is 3. The fourth-order valence-electron chi connectivity index (χ4n) is 3.33. The van der Waals surface area contributed by atoms with E-state index in [9.17, 15) is 21.6 Å². The van der Waals surface area contributed by atoms with Gasteiger partial charge in [0.15, 0.2) is 15.7 Å². The molecule has 3 aromatic heterocycles. The molecular weight excluding hydrogens is 500 g/mol. The summed E-state index contributed by atoms with van der Waals surface area (Å²) in [6, 6.07) is 7.02. The van der Waals surface area contributed by atoms with Crippen LogP contribution in [0.5, 0.6) is 0 Å². The first-order chi connectivity index (χ1) is 15.4. The molecule has 0 bridgehead atoms. The summed E-state index contributed by atoms with van der Waals surface area (Å²) < 4.78 is 66.5. The van der Waals surface area contributed by atoms with Crippen LogP contribution in [0.2, 0.25) is 10.0 Å². The highest BCUT2D eigenvalue weighted by Gasteiger charge is 2.33. The molecule has 3 heterocycles. The molecule has 0 aliphatic carbocycles. The number of nitrogens with zero attached hydrogens (tertiary/aromatic N) is 4. The number of imidazole rings is 1. The third-order valence-electron chi connectivity index (χ3n) is 5.08. The molecule has 0 saturated carbocycles. The van der Waals surface area contributed by atoms with Gasteiger partial charge in [-0.1, -0.05) is 36.2 Å². The first-order valence-electron chi connectivity index (χ1n) is 9.50. The number of benzene rings is 1. The molecule has 1 aromatic carbocycles. The van der Waals surface area contributed by atoms with Gasteiger partial charge in [0.2, 0.25) is 0 Å². The van der Waals surface area contributed by atoms with Gasteiger partial charge in [-0.3, -0.25) is 4.98 Å². The molecule has 172 valence electrons. The maximum absolute atomic E-state index is 13.1. The van der Waals surface area contributed by atoms with Crippen molar-refractivity contribution in [2.24, 2.45) is 7.05 Å². The fraction of sp³-hybridized carbons (Fsp3) is 0.190. The van der Waals surface area contributed by atoms with Crippen molar-refractivity contribution in [2.45, 2.75) is 18.0 Å². The van der Waals surface area contributed by atoms with E-state index >= 15 is 0 Å². The largest absolute Gasteiger partial charge is 0.433 e. The average Bonchev–Trinajstić information content (AvgIpc) is 3.08. The van der Waals surface area contributed by atoms with Crippen molar-refractivity contribution in [3.63, 3.8) is 0 Å². The summed E-state index contributed by atoms with van der Waals surface area (Å²) >= 11 is 12.2. The van der Waals surface area contributed by atoms with Gasteiger partial charge in [-0.25, -0.2) is 18.4 Å². The number of hydrogen-bond donors (Lipinski definition) is 0. The highest BCUT2D eigenvalue weighted by atomic mass is 35.5. The smallest absolute Gasteiger partial charge is 0.324 e. The van der Waals surface area contributed by atoms with Crippen LogP contribution in [0.1, 0.15) is 12.6 Å². The second-order valence-corrected chi connectivity index (χ2v) is 10.2. The molecule has 0 unspecified atom stereocenters. The monoisotopic (exact) mass is 514 g/mol. The minimum absolute atomic E-state index is 0.0120. The molecule has 0 fully saturated rings. The number of halogens is 5. The van der Waals surface area contributed by atoms with Gasteiger partial charge in [-0.05, 0) is 24.3 Å².